The number of aromatic nitrogens is 1. The average Bonchev–Trinajstić information content (AvgIpc) is 2.17. The van der Waals surface area contributed by atoms with Gasteiger partial charge in [0.15, 0.2) is 0 Å². The molecule has 0 aliphatic rings. The summed E-state index contributed by atoms with van der Waals surface area (Å²) < 4.78 is 0. The van der Waals surface area contributed by atoms with Gasteiger partial charge in [0.05, 0.1) is 10.7 Å². The second-order valence-electron chi connectivity index (χ2n) is 2.92. The van der Waals surface area contributed by atoms with Crippen LogP contribution in [0.4, 0.5) is 0 Å². The smallest absolute Gasteiger partial charge is 0.111 e. The Morgan fingerprint density at radius 1 is 1.62 bits per heavy atom. The number of aliphatic hydroxyl groups excluding tert-OH is 1. The Balaban J connectivity index is 2.77. The molecule has 3 nitrogen and oxygen atoms in total. The molecule has 0 bridgehead atoms. The molecular weight excluding hydrogens is 188 g/mol. The van der Waals surface area contributed by atoms with E-state index in [0.717, 1.165) is 0 Å². The van der Waals surface area contributed by atoms with E-state index in [-0.39, 0.29) is 6.04 Å². The number of rotatable bonds is 3. The third-order valence-corrected chi connectivity index (χ3v) is 2.15. The van der Waals surface area contributed by atoms with E-state index in [0.29, 0.717) is 17.1 Å². The van der Waals surface area contributed by atoms with Gasteiger partial charge in [0, 0.05) is 12.2 Å². The first kappa shape index (κ1) is 10.4. The molecule has 0 saturated heterocycles. The summed E-state index contributed by atoms with van der Waals surface area (Å²) in [5.74, 6) is 0. The monoisotopic (exact) mass is 200 g/mol. The number of nitrogens with two attached hydrogens (primary N) is 1. The average molecular weight is 201 g/mol. The van der Waals surface area contributed by atoms with E-state index >= 15 is 0 Å². The van der Waals surface area contributed by atoms with Crippen molar-refractivity contribution in [1.82, 2.24) is 4.98 Å². The number of nitrogens with zero attached hydrogens (tertiary/aromatic N) is 1. The maximum Gasteiger partial charge on any atom is 0.111 e. The second-order valence-corrected chi connectivity index (χ2v) is 3.35. The van der Waals surface area contributed by atoms with Crippen LogP contribution < -0.4 is 5.73 Å². The number of halogens is 1. The molecule has 1 aromatic rings. The summed E-state index contributed by atoms with van der Waals surface area (Å²) in [7, 11) is 0. The van der Waals surface area contributed by atoms with E-state index < -0.39 is 6.10 Å². The first-order valence-electron chi connectivity index (χ1n) is 4.20. The van der Waals surface area contributed by atoms with Gasteiger partial charge in [0.1, 0.15) is 6.10 Å². The van der Waals surface area contributed by atoms with Crippen LogP contribution in [0.1, 0.15) is 25.1 Å². The van der Waals surface area contributed by atoms with Crippen LogP contribution in [0.15, 0.2) is 18.3 Å². The number of aliphatic hydroxyl groups is 1. The van der Waals surface area contributed by atoms with Crippen LogP contribution >= 0.6 is 11.6 Å². The van der Waals surface area contributed by atoms with Crippen molar-refractivity contribution in [3.8, 4) is 0 Å². The molecule has 0 aromatic carbocycles. The molecule has 3 N–H and O–H groups in total. The summed E-state index contributed by atoms with van der Waals surface area (Å²) in [5, 5.41) is 10.2. The van der Waals surface area contributed by atoms with E-state index in [9.17, 15) is 5.11 Å². The summed E-state index contributed by atoms with van der Waals surface area (Å²) in [6.07, 6.45) is 1.51. The molecule has 0 saturated carbocycles. The fourth-order valence-electron chi connectivity index (χ4n) is 1.00. The molecule has 0 spiro atoms. The summed E-state index contributed by atoms with van der Waals surface area (Å²) in [5.41, 5.74) is 6.23. The highest BCUT2D eigenvalue weighted by Gasteiger charge is 2.15. The fraction of sp³-hybridized carbons (Fsp3) is 0.444. The van der Waals surface area contributed by atoms with Gasteiger partial charge in [-0.2, -0.15) is 0 Å². The van der Waals surface area contributed by atoms with E-state index in [1.807, 2.05) is 6.92 Å². The van der Waals surface area contributed by atoms with E-state index in [1.54, 1.807) is 12.1 Å². The summed E-state index contributed by atoms with van der Waals surface area (Å²) in [6, 6.07) is 3.10. The lowest BCUT2D eigenvalue weighted by Gasteiger charge is -2.16. The Hall–Kier alpha value is -0.640. The molecule has 0 amide bonds. The zero-order valence-corrected chi connectivity index (χ0v) is 8.20. The molecular formula is C9H13ClN2O. The summed E-state index contributed by atoms with van der Waals surface area (Å²) in [4.78, 5) is 3.99. The minimum Gasteiger partial charge on any atom is -0.385 e. The van der Waals surface area contributed by atoms with Crippen molar-refractivity contribution in [2.75, 3.05) is 0 Å². The van der Waals surface area contributed by atoms with Crippen molar-refractivity contribution in [3.63, 3.8) is 0 Å². The maximum absolute atomic E-state index is 9.65. The molecule has 1 heterocycles. The van der Waals surface area contributed by atoms with Gasteiger partial charge >= 0.3 is 0 Å². The minimum atomic E-state index is -0.706. The van der Waals surface area contributed by atoms with Gasteiger partial charge in [-0.05, 0) is 18.6 Å². The van der Waals surface area contributed by atoms with Gasteiger partial charge < -0.3 is 10.8 Å². The molecule has 0 radical (unpaired) electrons. The van der Waals surface area contributed by atoms with Crippen LogP contribution in [0.25, 0.3) is 0 Å². The molecule has 0 aliphatic heterocycles. The maximum atomic E-state index is 9.65. The minimum absolute atomic E-state index is 0.270. The van der Waals surface area contributed by atoms with E-state index in [1.165, 1.54) is 6.20 Å². The lowest BCUT2D eigenvalue weighted by molar-refractivity contribution is 0.140. The number of hydrogen-bond donors (Lipinski definition) is 2. The van der Waals surface area contributed by atoms with Gasteiger partial charge in [-0.3, -0.25) is 4.98 Å². The van der Waals surface area contributed by atoms with E-state index in [4.69, 9.17) is 17.3 Å². The quantitative estimate of drug-likeness (QED) is 0.778. The Morgan fingerprint density at radius 3 is 2.77 bits per heavy atom. The highest BCUT2D eigenvalue weighted by molar-refractivity contribution is 6.30. The molecule has 0 aliphatic carbocycles. The van der Waals surface area contributed by atoms with Crippen molar-refractivity contribution in [3.05, 3.63) is 29.0 Å². The first-order chi connectivity index (χ1) is 6.15. The summed E-state index contributed by atoms with van der Waals surface area (Å²) >= 11 is 5.65. The van der Waals surface area contributed by atoms with Crippen LogP contribution in [-0.4, -0.2) is 16.1 Å². The van der Waals surface area contributed by atoms with Crippen LogP contribution in [0.3, 0.4) is 0 Å². The molecule has 4 heteroatoms. The second kappa shape index (κ2) is 4.56. The zero-order chi connectivity index (χ0) is 9.84. The Kier molecular flexibility index (Phi) is 3.66. The lowest BCUT2D eigenvalue weighted by Crippen LogP contribution is -2.27. The standard InChI is InChI=1S/C9H13ClN2O/c1-2-7(11)9(13)8-4-3-6(10)5-12-8/h3-5,7,9,13H,2,11H2,1H3/t7-,9+/m1/s1. The van der Waals surface area contributed by atoms with Crippen LogP contribution in [0.5, 0.6) is 0 Å². The van der Waals surface area contributed by atoms with Crippen LogP contribution in [0.2, 0.25) is 5.02 Å². The highest BCUT2D eigenvalue weighted by Crippen LogP contribution is 2.16. The molecule has 2 atom stereocenters. The van der Waals surface area contributed by atoms with Gasteiger partial charge in [-0.25, -0.2) is 0 Å². The predicted octanol–water partition coefficient (Wildman–Crippen LogP) is 1.51. The molecule has 1 aromatic heterocycles. The fourth-order valence-corrected chi connectivity index (χ4v) is 1.12. The molecule has 13 heavy (non-hydrogen) atoms. The molecule has 0 unspecified atom stereocenters. The van der Waals surface area contributed by atoms with Gasteiger partial charge in [-0.15, -0.1) is 0 Å². The van der Waals surface area contributed by atoms with Crippen molar-refractivity contribution in [2.24, 2.45) is 5.73 Å². The first-order valence-corrected chi connectivity index (χ1v) is 4.58. The number of pyridine rings is 1. The van der Waals surface area contributed by atoms with Crippen LogP contribution in [0, 0.1) is 0 Å². The molecule has 0 fully saturated rings. The third kappa shape index (κ3) is 2.66. The number of hydrogen-bond acceptors (Lipinski definition) is 3. The Morgan fingerprint density at radius 2 is 2.31 bits per heavy atom. The van der Waals surface area contributed by atoms with Crippen LogP contribution in [-0.2, 0) is 0 Å². The Labute approximate surface area is 82.5 Å². The summed E-state index contributed by atoms with van der Waals surface area (Å²) in [6.45, 7) is 1.92. The zero-order valence-electron chi connectivity index (χ0n) is 7.44. The molecule has 72 valence electrons. The molecule has 1 rings (SSSR count). The Bertz CT molecular complexity index is 263. The van der Waals surface area contributed by atoms with E-state index in [2.05, 4.69) is 4.98 Å². The van der Waals surface area contributed by atoms with Crippen molar-refractivity contribution >= 4 is 11.6 Å². The van der Waals surface area contributed by atoms with Crippen molar-refractivity contribution in [2.45, 2.75) is 25.5 Å². The SMILES string of the molecule is CC[C@@H](N)[C@H](O)c1ccc(Cl)cn1. The van der Waals surface area contributed by atoms with Gasteiger partial charge in [-0.1, -0.05) is 18.5 Å². The van der Waals surface area contributed by atoms with Gasteiger partial charge in [0.2, 0.25) is 0 Å². The predicted molar refractivity (Wildman–Crippen MR) is 52.5 cm³/mol. The lowest BCUT2D eigenvalue weighted by atomic mass is 10.1. The van der Waals surface area contributed by atoms with Crippen molar-refractivity contribution < 1.29 is 5.11 Å². The highest BCUT2D eigenvalue weighted by atomic mass is 35.5. The van der Waals surface area contributed by atoms with Gasteiger partial charge in [0.25, 0.3) is 0 Å². The largest absolute Gasteiger partial charge is 0.385 e. The third-order valence-electron chi connectivity index (χ3n) is 1.93. The topological polar surface area (TPSA) is 59.1 Å². The normalized spacial score (nSPS) is 15.4. The van der Waals surface area contributed by atoms with Crippen molar-refractivity contribution in [1.29, 1.82) is 0 Å².